The lowest BCUT2D eigenvalue weighted by Gasteiger charge is -2.31. The van der Waals surface area contributed by atoms with Crippen LogP contribution >= 0.6 is 0 Å². The van der Waals surface area contributed by atoms with Crippen molar-refractivity contribution in [3.05, 3.63) is 0 Å². The summed E-state index contributed by atoms with van der Waals surface area (Å²) in [5.74, 6) is -1.96. The Morgan fingerprint density at radius 1 is 1.53 bits per heavy atom. The van der Waals surface area contributed by atoms with Crippen molar-refractivity contribution in [1.29, 1.82) is 5.26 Å². The molecular formula is C9H13F3N2O. The molecule has 6 heteroatoms. The molecule has 3 nitrogen and oxygen atoms in total. The van der Waals surface area contributed by atoms with Gasteiger partial charge in [-0.05, 0) is 19.4 Å². The van der Waals surface area contributed by atoms with Gasteiger partial charge in [0.2, 0.25) is 0 Å². The molecule has 0 saturated carbocycles. The quantitative estimate of drug-likeness (QED) is 0.762. The molecule has 1 aliphatic heterocycles. The molecular weight excluding hydrogens is 209 g/mol. The van der Waals surface area contributed by atoms with Gasteiger partial charge in [0, 0.05) is 13.1 Å². The van der Waals surface area contributed by atoms with E-state index in [1.807, 2.05) is 0 Å². The minimum Gasteiger partial charge on any atom is -0.392 e. The van der Waals surface area contributed by atoms with E-state index >= 15 is 0 Å². The number of alkyl halides is 3. The Morgan fingerprint density at radius 3 is 2.67 bits per heavy atom. The Balaban J connectivity index is 2.49. The van der Waals surface area contributed by atoms with Gasteiger partial charge in [0.15, 0.2) is 5.92 Å². The predicted molar refractivity (Wildman–Crippen MR) is 46.8 cm³/mol. The summed E-state index contributed by atoms with van der Waals surface area (Å²) in [6.45, 7) is 0.413. The molecule has 0 aromatic carbocycles. The minimum atomic E-state index is -4.48. The van der Waals surface area contributed by atoms with E-state index in [1.165, 1.54) is 11.0 Å². The van der Waals surface area contributed by atoms with Gasteiger partial charge in [-0.3, -0.25) is 4.90 Å². The Labute approximate surface area is 86.1 Å². The highest BCUT2D eigenvalue weighted by Crippen LogP contribution is 2.27. The second-order valence-corrected chi connectivity index (χ2v) is 3.78. The normalized spacial score (nSPS) is 25.9. The van der Waals surface area contributed by atoms with Crippen molar-refractivity contribution in [2.45, 2.75) is 25.1 Å². The van der Waals surface area contributed by atoms with Gasteiger partial charge in [-0.15, -0.1) is 0 Å². The van der Waals surface area contributed by atoms with E-state index in [0.717, 1.165) is 0 Å². The SMILES string of the molecule is N#CC(CN1CCCC(O)C1)C(F)(F)F. The number of aliphatic hydroxyl groups is 1. The highest BCUT2D eigenvalue weighted by atomic mass is 19.4. The number of nitriles is 1. The van der Waals surface area contributed by atoms with Crippen molar-refractivity contribution in [1.82, 2.24) is 4.90 Å². The number of rotatable bonds is 2. The molecule has 2 atom stereocenters. The van der Waals surface area contributed by atoms with Crippen molar-refractivity contribution in [2.75, 3.05) is 19.6 Å². The van der Waals surface area contributed by atoms with Gasteiger partial charge in [-0.25, -0.2) is 0 Å². The van der Waals surface area contributed by atoms with E-state index in [4.69, 9.17) is 5.26 Å². The van der Waals surface area contributed by atoms with Gasteiger partial charge >= 0.3 is 6.18 Å². The van der Waals surface area contributed by atoms with Gasteiger partial charge in [0.05, 0.1) is 12.2 Å². The highest BCUT2D eigenvalue weighted by Gasteiger charge is 2.41. The van der Waals surface area contributed by atoms with Crippen LogP contribution in [0.5, 0.6) is 0 Å². The zero-order valence-corrected chi connectivity index (χ0v) is 8.17. The number of β-amino-alcohol motifs (C(OH)–C–C–N with tert-alkyl or cyclic N) is 1. The maximum Gasteiger partial charge on any atom is 0.405 e. The number of hydrogen-bond acceptors (Lipinski definition) is 3. The first-order valence-electron chi connectivity index (χ1n) is 4.80. The lowest BCUT2D eigenvalue weighted by atomic mass is 10.1. The Morgan fingerprint density at radius 2 is 2.20 bits per heavy atom. The second kappa shape index (κ2) is 4.81. The summed E-state index contributed by atoms with van der Waals surface area (Å²) < 4.78 is 36.8. The number of likely N-dealkylation sites (tertiary alicyclic amines) is 1. The first kappa shape index (κ1) is 12.3. The van der Waals surface area contributed by atoms with Gasteiger partial charge < -0.3 is 5.11 Å². The molecule has 0 radical (unpaired) electrons. The number of aliphatic hydroxyl groups excluding tert-OH is 1. The molecule has 1 rings (SSSR count). The average molecular weight is 222 g/mol. The zero-order valence-electron chi connectivity index (χ0n) is 8.17. The molecule has 1 aliphatic rings. The van der Waals surface area contributed by atoms with Gasteiger partial charge in [0.25, 0.3) is 0 Å². The summed E-state index contributed by atoms with van der Waals surface area (Å²) in [7, 11) is 0. The standard InChI is InChI=1S/C9H13F3N2O/c10-9(11,12)7(4-13)5-14-3-1-2-8(15)6-14/h7-8,15H,1-3,5-6H2. The van der Waals surface area contributed by atoms with E-state index in [9.17, 15) is 18.3 Å². The van der Waals surface area contributed by atoms with Gasteiger partial charge in [-0.1, -0.05) is 0 Å². The van der Waals surface area contributed by atoms with Crippen LogP contribution in [0, 0.1) is 17.2 Å². The molecule has 0 bridgehead atoms. The zero-order chi connectivity index (χ0) is 11.5. The molecule has 0 aromatic heterocycles. The van der Waals surface area contributed by atoms with Crippen molar-refractivity contribution < 1.29 is 18.3 Å². The third-order valence-corrected chi connectivity index (χ3v) is 2.47. The van der Waals surface area contributed by atoms with Crippen molar-refractivity contribution in [2.24, 2.45) is 5.92 Å². The van der Waals surface area contributed by atoms with Crippen LogP contribution in [0.1, 0.15) is 12.8 Å². The number of nitrogens with zero attached hydrogens (tertiary/aromatic N) is 2. The fraction of sp³-hybridized carbons (Fsp3) is 0.889. The van der Waals surface area contributed by atoms with Crippen LogP contribution in [-0.2, 0) is 0 Å². The maximum atomic E-state index is 12.3. The molecule has 0 aromatic rings. The van der Waals surface area contributed by atoms with Gasteiger partial charge in [-0.2, -0.15) is 18.4 Å². The second-order valence-electron chi connectivity index (χ2n) is 3.78. The van der Waals surface area contributed by atoms with Crippen LogP contribution in [0.3, 0.4) is 0 Å². The Kier molecular flexibility index (Phi) is 3.94. The molecule has 1 fully saturated rings. The van der Waals surface area contributed by atoms with Crippen LogP contribution in [0.4, 0.5) is 13.2 Å². The van der Waals surface area contributed by atoms with Crippen molar-refractivity contribution in [3.63, 3.8) is 0 Å². The smallest absolute Gasteiger partial charge is 0.392 e. The third-order valence-electron chi connectivity index (χ3n) is 2.47. The first-order valence-corrected chi connectivity index (χ1v) is 4.80. The predicted octanol–water partition coefficient (Wildman–Crippen LogP) is 1.15. The summed E-state index contributed by atoms with van der Waals surface area (Å²) in [5.41, 5.74) is 0. The number of hydrogen-bond donors (Lipinski definition) is 1. The molecule has 1 heterocycles. The van der Waals surface area contributed by atoms with E-state index in [1.54, 1.807) is 0 Å². The minimum absolute atomic E-state index is 0.230. The van der Waals surface area contributed by atoms with Crippen molar-refractivity contribution >= 4 is 0 Å². The van der Waals surface area contributed by atoms with Crippen LogP contribution in [-0.4, -0.2) is 41.9 Å². The van der Waals surface area contributed by atoms with E-state index in [0.29, 0.717) is 19.4 Å². The molecule has 15 heavy (non-hydrogen) atoms. The maximum absolute atomic E-state index is 12.3. The van der Waals surface area contributed by atoms with E-state index < -0.39 is 18.2 Å². The Bertz CT molecular complexity index is 249. The topological polar surface area (TPSA) is 47.3 Å². The highest BCUT2D eigenvalue weighted by molar-refractivity contribution is 4.91. The summed E-state index contributed by atoms with van der Waals surface area (Å²) in [6, 6.07) is 1.26. The number of piperidine rings is 1. The molecule has 2 unspecified atom stereocenters. The molecule has 0 aliphatic carbocycles. The Hall–Kier alpha value is -0.800. The first-order chi connectivity index (χ1) is 6.93. The van der Waals surface area contributed by atoms with E-state index in [-0.39, 0.29) is 13.1 Å². The third kappa shape index (κ3) is 3.68. The van der Waals surface area contributed by atoms with Crippen LogP contribution in [0.15, 0.2) is 0 Å². The number of halogens is 3. The summed E-state index contributed by atoms with van der Waals surface area (Å²) in [5, 5.41) is 17.7. The van der Waals surface area contributed by atoms with E-state index in [2.05, 4.69) is 0 Å². The summed E-state index contributed by atoms with van der Waals surface area (Å²) >= 11 is 0. The fourth-order valence-electron chi connectivity index (χ4n) is 1.67. The molecule has 86 valence electrons. The summed E-state index contributed by atoms with van der Waals surface area (Å²) in [4.78, 5) is 1.50. The molecule has 1 N–H and O–H groups in total. The largest absolute Gasteiger partial charge is 0.405 e. The average Bonchev–Trinajstić information content (AvgIpc) is 2.12. The molecule has 1 saturated heterocycles. The van der Waals surface area contributed by atoms with Crippen LogP contribution < -0.4 is 0 Å². The van der Waals surface area contributed by atoms with Crippen LogP contribution in [0.2, 0.25) is 0 Å². The summed E-state index contributed by atoms with van der Waals surface area (Å²) in [6.07, 6.45) is -3.74. The molecule has 0 amide bonds. The van der Waals surface area contributed by atoms with Gasteiger partial charge in [0.1, 0.15) is 0 Å². The van der Waals surface area contributed by atoms with Crippen molar-refractivity contribution in [3.8, 4) is 6.07 Å². The lowest BCUT2D eigenvalue weighted by molar-refractivity contribution is -0.164. The lowest BCUT2D eigenvalue weighted by Crippen LogP contribution is -2.43. The monoisotopic (exact) mass is 222 g/mol. The van der Waals surface area contributed by atoms with Crippen LogP contribution in [0.25, 0.3) is 0 Å². The molecule has 0 spiro atoms. The fourth-order valence-corrected chi connectivity index (χ4v) is 1.67.